The summed E-state index contributed by atoms with van der Waals surface area (Å²) in [5, 5.41) is 3.23. The van der Waals surface area contributed by atoms with Gasteiger partial charge in [0.1, 0.15) is 0 Å². The Morgan fingerprint density at radius 2 is 1.73 bits per heavy atom. The number of rotatable bonds is 1. The minimum Gasteiger partial charge on any atom is -0.326 e. The second kappa shape index (κ2) is 6.62. The fraction of sp³-hybridized carbons (Fsp3) is 1.00. The summed E-state index contributed by atoms with van der Waals surface area (Å²) in [6.45, 7) is 4.00. The van der Waals surface area contributed by atoms with Crippen molar-refractivity contribution in [2.75, 3.05) is 7.05 Å². The molecule has 0 bridgehead atoms. The van der Waals surface area contributed by atoms with E-state index < -0.39 is 0 Å². The summed E-state index contributed by atoms with van der Waals surface area (Å²) in [5.74, 6) is 0. The van der Waals surface area contributed by atoms with Crippen LogP contribution in [-0.4, -0.2) is 19.1 Å². The predicted octanol–water partition coefficient (Wildman–Crippen LogP) is 1.50. The average Bonchev–Trinajstić information content (AvgIpc) is 2.09. The van der Waals surface area contributed by atoms with Gasteiger partial charge in [-0.2, -0.15) is 0 Å². The van der Waals surface area contributed by atoms with Crippen molar-refractivity contribution >= 4 is 0 Å². The van der Waals surface area contributed by atoms with Crippen molar-refractivity contribution in [3.8, 4) is 0 Å². The van der Waals surface area contributed by atoms with Crippen LogP contribution >= 0.6 is 0 Å². The number of likely N-dealkylation sites (N-methyl/N-ethyl adjacent to an activating group) is 1. The third-order valence-electron chi connectivity index (χ3n) is 2.19. The number of nitrogens with two attached hydrogens (primary N) is 1. The lowest BCUT2D eigenvalue weighted by molar-refractivity contribution is 0.344. The Labute approximate surface area is 70.5 Å². The molecule has 0 saturated heterocycles. The topological polar surface area (TPSA) is 38.0 Å². The van der Waals surface area contributed by atoms with E-state index in [-0.39, 0.29) is 0 Å². The molecule has 1 rings (SSSR count). The Hall–Kier alpha value is -0.0800. The van der Waals surface area contributed by atoms with Crippen molar-refractivity contribution in [3.05, 3.63) is 0 Å². The van der Waals surface area contributed by atoms with Crippen molar-refractivity contribution in [2.45, 2.75) is 51.6 Å². The molecule has 0 amide bonds. The third-order valence-corrected chi connectivity index (χ3v) is 2.19. The fourth-order valence-electron chi connectivity index (χ4n) is 1.52. The van der Waals surface area contributed by atoms with Crippen LogP contribution < -0.4 is 11.1 Å². The average molecular weight is 158 g/mol. The first-order valence-corrected chi connectivity index (χ1v) is 4.77. The molecular weight excluding hydrogens is 136 g/mol. The molecule has 0 aliphatic heterocycles. The van der Waals surface area contributed by atoms with Crippen LogP contribution in [0.4, 0.5) is 0 Å². The van der Waals surface area contributed by atoms with E-state index in [4.69, 9.17) is 5.73 Å². The number of hydrogen-bond acceptors (Lipinski definition) is 2. The summed E-state index contributed by atoms with van der Waals surface area (Å²) in [6.07, 6.45) is 5.13. The smallest absolute Gasteiger partial charge is 0.0216 e. The van der Waals surface area contributed by atoms with Gasteiger partial charge in [0.25, 0.3) is 0 Å². The van der Waals surface area contributed by atoms with Gasteiger partial charge in [0, 0.05) is 12.1 Å². The standard InChI is InChI=1S/C7H16N2.C2H6/c1-9-7-5-3-2-4-6(7)8;1-2/h6-7,9H,2-5,8H2,1H3;1-2H3. The molecule has 2 atom stereocenters. The van der Waals surface area contributed by atoms with Crippen molar-refractivity contribution < 1.29 is 0 Å². The third kappa shape index (κ3) is 3.73. The summed E-state index contributed by atoms with van der Waals surface area (Å²) >= 11 is 0. The van der Waals surface area contributed by atoms with E-state index in [0.717, 1.165) is 0 Å². The summed E-state index contributed by atoms with van der Waals surface area (Å²) in [7, 11) is 2.00. The molecule has 68 valence electrons. The molecule has 0 radical (unpaired) electrons. The van der Waals surface area contributed by atoms with Gasteiger partial charge in [-0.05, 0) is 19.9 Å². The van der Waals surface area contributed by atoms with Gasteiger partial charge in [-0.25, -0.2) is 0 Å². The molecule has 0 heterocycles. The summed E-state index contributed by atoms with van der Waals surface area (Å²) in [4.78, 5) is 0. The van der Waals surface area contributed by atoms with E-state index >= 15 is 0 Å². The molecule has 0 aromatic heterocycles. The minimum absolute atomic E-state index is 0.406. The second-order valence-corrected chi connectivity index (χ2v) is 2.84. The quantitative estimate of drug-likeness (QED) is 0.607. The maximum Gasteiger partial charge on any atom is 0.0216 e. The maximum atomic E-state index is 5.83. The van der Waals surface area contributed by atoms with Crippen LogP contribution in [0.1, 0.15) is 39.5 Å². The van der Waals surface area contributed by atoms with Gasteiger partial charge in [0.05, 0.1) is 0 Å². The zero-order chi connectivity index (χ0) is 8.69. The molecule has 0 aromatic rings. The Kier molecular flexibility index (Phi) is 6.57. The molecule has 1 aliphatic carbocycles. The minimum atomic E-state index is 0.406. The van der Waals surface area contributed by atoms with Gasteiger partial charge >= 0.3 is 0 Å². The molecule has 11 heavy (non-hydrogen) atoms. The molecule has 0 aromatic carbocycles. The van der Waals surface area contributed by atoms with Gasteiger partial charge in [-0.1, -0.05) is 26.7 Å². The highest BCUT2D eigenvalue weighted by Gasteiger charge is 2.18. The van der Waals surface area contributed by atoms with Crippen molar-refractivity contribution in [3.63, 3.8) is 0 Å². The molecule has 0 spiro atoms. The lowest BCUT2D eigenvalue weighted by Gasteiger charge is -2.27. The molecule has 1 fully saturated rings. The van der Waals surface area contributed by atoms with E-state index in [0.29, 0.717) is 12.1 Å². The summed E-state index contributed by atoms with van der Waals surface area (Å²) in [6, 6.07) is 0.988. The first-order valence-electron chi connectivity index (χ1n) is 4.77. The van der Waals surface area contributed by atoms with Crippen LogP contribution in [0.5, 0.6) is 0 Å². The van der Waals surface area contributed by atoms with Crippen LogP contribution in [0.15, 0.2) is 0 Å². The van der Waals surface area contributed by atoms with Crippen LogP contribution in [0, 0.1) is 0 Å². The van der Waals surface area contributed by atoms with E-state index in [1.165, 1.54) is 25.7 Å². The molecule has 1 saturated carbocycles. The molecule has 3 N–H and O–H groups in total. The Balaban J connectivity index is 0.000000461. The first-order chi connectivity index (χ1) is 5.34. The maximum absolute atomic E-state index is 5.83. The first kappa shape index (κ1) is 10.9. The van der Waals surface area contributed by atoms with E-state index in [1.54, 1.807) is 0 Å². The van der Waals surface area contributed by atoms with Gasteiger partial charge in [0.2, 0.25) is 0 Å². The zero-order valence-electron chi connectivity index (χ0n) is 8.06. The van der Waals surface area contributed by atoms with Crippen LogP contribution in [0.3, 0.4) is 0 Å². The predicted molar refractivity (Wildman–Crippen MR) is 50.6 cm³/mol. The highest BCUT2D eigenvalue weighted by atomic mass is 14.9. The van der Waals surface area contributed by atoms with Crippen molar-refractivity contribution in [1.29, 1.82) is 0 Å². The van der Waals surface area contributed by atoms with Gasteiger partial charge in [-0.3, -0.25) is 0 Å². The highest BCUT2D eigenvalue weighted by Crippen LogP contribution is 2.15. The van der Waals surface area contributed by atoms with E-state index in [1.807, 2.05) is 20.9 Å². The largest absolute Gasteiger partial charge is 0.326 e. The van der Waals surface area contributed by atoms with E-state index in [2.05, 4.69) is 5.32 Å². The van der Waals surface area contributed by atoms with Gasteiger partial charge in [0.15, 0.2) is 0 Å². The monoisotopic (exact) mass is 158 g/mol. The molecule has 2 unspecified atom stereocenters. The SMILES string of the molecule is CC.CNC1CCCCC1N. The van der Waals surface area contributed by atoms with Crippen molar-refractivity contribution in [2.24, 2.45) is 5.73 Å². The van der Waals surface area contributed by atoms with Crippen LogP contribution in [0.2, 0.25) is 0 Å². The summed E-state index contributed by atoms with van der Waals surface area (Å²) in [5.41, 5.74) is 5.83. The van der Waals surface area contributed by atoms with Gasteiger partial charge in [-0.15, -0.1) is 0 Å². The summed E-state index contributed by atoms with van der Waals surface area (Å²) < 4.78 is 0. The van der Waals surface area contributed by atoms with Crippen LogP contribution in [-0.2, 0) is 0 Å². The van der Waals surface area contributed by atoms with Gasteiger partial charge < -0.3 is 11.1 Å². The highest BCUT2D eigenvalue weighted by molar-refractivity contribution is 4.81. The second-order valence-electron chi connectivity index (χ2n) is 2.84. The number of nitrogens with one attached hydrogen (secondary N) is 1. The fourth-order valence-corrected chi connectivity index (χ4v) is 1.52. The van der Waals surface area contributed by atoms with Crippen LogP contribution in [0.25, 0.3) is 0 Å². The normalized spacial score (nSPS) is 30.5. The lowest BCUT2D eigenvalue weighted by atomic mass is 9.91. The van der Waals surface area contributed by atoms with E-state index in [9.17, 15) is 0 Å². The Morgan fingerprint density at radius 1 is 1.18 bits per heavy atom. The molecule has 2 nitrogen and oxygen atoms in total. The Bertz CT molecular complexity index is 83.6. The zero-order valence-corrected chi connectivity index (χ0v) is 8.06. The molecule has 2 heteroatoms. The molecular formula is C9H22N2. The number of hydrogen-bond donors (Lipinski definition) is 2. The van der Waals surface area contributed by atoms with Crippen molar-refractivity contribution in [1.82, 2.24) is 5.32 Å². The lowest BCUT2D eigenvalue weighted by Crippen LogP contribution is -2.45. The molecule has 1 aliphatic rings. The Morgan fingerprint density at radius 3 is 2.09 bits per heavy atom.